The average Bonchev–Trinajstić information content (AvgIpc) is 2.94. The van der Waals surface area contributed by atoms with Crippen LogP contribution < -0.4 is 5.73 Å². The van der Waals surface area contributed by atoms with Gasteiger partial charge < -0.3 is 10.5 Å². The molecule has 0 spiro atoms. The standard InChI is InChI=1S/C16H16ClN5O2/c1-2-24-15(23)10-3-4-13-11(7-10)9-19-22(13)6-5-12-8-14(17)21-16(18)20-12/h3-4,7-9H,2,5-6H2,1H3,(H2,18,20,21). The summed E-state index contributed by atoms with van der Waals surface area (Å²) in [5.74, 6) is -0.180. The van der Waals surface area contributed by atoms with Crippen LogP contribution in [0, 0.1) is 0 Å². The van der Waals surface area contributed by atoms with Crippen molar-refractivity contribution in [2.24, 2.45) is 0 Å². The Morgan fingerprint density at radius 3 is 2.92 bits per heavy atom. The molecule has 24 heavy (non-hydrogen) atoms. The van der Waals surface area contributed by atoms with Crippen LogP contribution in [-0.2, 0) is 17.7 Å². The van der Waals surface area contributed by atoms with Crippen molar-refractivity contribution < 1.29 is 9.53 Å². The molecule has 0 aliphatic carbocycles. The molecule has 8 heteroatoms. The first-order chi connectivity index (χ1) is 11.6. The first kappa shape index (κ1) is 16.2. The van der Waals surface area contributed by atoms with Gasteiger partial charge in [-0.05, 0) is 31.2 Å². The molecule has 1 aromatic carbocycles. The zero-order valence-corrected chi connectivity index (χ0v) is 13.8. The summed E-state index contributed by atoms with van der Waals surface area (Å²) in [6.45, 7) is 2.73. The van der Waals surface area contributed by atoms with E-state index in [9.17, 15) is 4.79 Å². The summed E-state index contributed by atoms with van der Waals surface area (Å²) in [7, 11) is 0. The zero-order chi connectivity index (χ0) is 17.1. The Labute approximate surface area is 143 Å². The predicted octanol–water partition coefficient (Wildman–Crippen LogP) is 2.48. The van der Waals surface area contributed by atoms with Gasteiger partial charge in [0.05, 0.1) is 23.9 Å². The molecule has 2 N–H and O–H groups in total. The summed E-state index contributed by atoms with van der Waals surface area (Å²) >= 11 is 5.88. The largest absolute Gasteiger partial charge is 0.462 e. The number of nitrogens with zero attached hydrogens (tertiary/aromatic N) is 4. The highest BCUT2D eigenvalue weighted by Gasteiger charge is 2.10. The van der Waals surface area contributed by atoms with Crippen molar-refractivity contribution in [1.82, 2.24) is 19.7 Å². The molecule has 0 unspecified atom stereocenters. The van der Waals surface area contributed by atoms with Crippen LogP contribution in [0.3, 0.4) is 0 Å². The Bertz CT molecular complexity index is 873. The van der Waals surface area contributed by atoms with Gasteiger partial charge >= 0.3 is 5.97 Å². The van der Waals surface area contributed by atoms with Crippen molar-refractivity contribution in [1.29, 1.82) is 0 Å². The Morgan fingerprint density at radius 2 is 2.17 bits per heavy atom. The van der Waals surface area contributed by atoms with Gasteiger partial charge in [-0.1, -0.05) is 11.6 Å². The Hall–Kier alpha value is -2.67. The zero-order valence-electron chi connectivity index (χ0n) is 13.1. The molecule has 7 nitrogen and oxygen atoms in total. The van der Waals surface area contributed by atoms with E-state index in [0.717, 1.165) is 16.6 Å². The number of aromatic nitrogens is 4. The van der Waals surface area contributed by atoms with Crippen molar-refractivity contribution in [3.63, 3.8) is 0 Å². The van der Waals surface area contributed by atoms with Gasteiger partial charge in [0.2, 0.25) is 5.95 Å². The second kappa shape index (κ2) is 6.84. The topological polar surface area (TPSA) is 95.9 Å². The summed E-state index contributed by atoms with van der Waals surface area (Å²) in [6.07, 6.45) is 2.34. The van der Waals surface area contributed by atoms with Gasteiger partial charge in [0.15, 0.2) is 0 Å². The average molecular weight is 346 g/mol. The van der Waals surface area contributed by atoms with E-state index in [2.05, 4.69) is 15.1 Å². The molecule has 0 aliphatic heterocycles. The highest BCUT2D eigenvalue weighted by atomic mass is 35.5. The summed E-state index contributed by atoms with van der Waals surface area (Å²) in [4.78, 5) is 19.8. The molecule has 0 aliphatic rings. The molecule has 124 valence electrons. The van der Waals surface area contributed by atoms with Crippen molar-refractivity contribution in [3.05, 3.63) is 46.9 Å². The van der Waals surface area contributed by atoms with Crippen LogP contribution in [0.4, 0.5) is 5.95 Å². The van der Waals surface area contributed by atoms with Crippen LogP contribution in [0.1, 0.15) is 23.0 Å². The van der Waals surface area contributed by atoms with Crippen molar-refractivity contribution >= 4 is 34.4 Å². The number of carbonyl (C=O) groups excluding carboxylic acids is 1. The monoisotopic (exact) mass is 345 g/mol. The number of anilines is 1. The smallest absolute Gasteiger partial charge is 0.338 e. The summed E-state index contributed by atoms with van der Waals surface area (Å²) in [5.41, 5.74) is 7.79. The Balaban J connectivity index is 1.79. The van der Waals surface area contributed by atoms with Crippen LogP contribution in [0.5, 0.6) is 0 Å². The minimum Gasteiger partial charge on any atom is -0.462 e. The van der Waals surface area contributed by atoms with E-state index in [1.54, 1.807) is 31.3 Å². The van der Waals surface area contributed by atoms with Crippen LogP contribution >= 0.6 is 11.6 Å². The maximum Gasteiger partial charge on any atom is 0.338 e. The van der Waals surface area contributed by atoms with E-state index in [1.165, 1.54) is 0 Å². The van der Waals surface area contributed by atoms with Gasteiger partial charge in [-0.15, -0.1) is 0 Å². The second-order valence-corrected chi connectivity index (χ2v) is 5.54. The molecule has 0 saturated heterocycles. The van der Waals surface area contributed by atoms with Gasteiger partial charge in [-0.25, -0.2) is 14.8 Å². The lowest BCUT2D eigenvalue weighted by Crippen LogP contribution is -2.07. The van der Waals surface area contributed by atoms with E-state index in [1.807, 2.05) is 10.7 Å². The molecule has 2 heterocycles. The summed E-state index contributed by atoms with van der Waals surface area (Å²) in [6, 6.07) is 7.05. The quantitative estimate of drug-likeness (QED) is 0.563. The van der Waals surface area contributed by atoms with E-state index in [-0.39, 0.29) is 11.9 Å². The van der Waals surface area contributed by atoms with Gasteiger partial charge in [-0.3, -0.25) is 4.68 Å². The van der Waals surface area contributed by atoms with E-state index in [0.29, 0.717) is 30.3 Å². The van der Waals surface area contributed by atoms with Crippen molar-refractivity contribution in [2.75, 3.05) is 12.3 Å². The molecule has 2 aromatic heterocycles. The number of esters is 1. The van der Waals surface area contributed by atoms with Crippen LogP contribution in [0.2, 0.25) is 5.15 Å². The first-order valence-corrected chi connectivity index (χ1v) is 7.86. The normalized spacial score (nSPS) is 10.9. The minimum atomic E-state index is -0.335. The number of nitrogen functional groups attached to an aromatic ring is 1. The number of hydrogen-bond donors (Lipinski definition) is 1. The minimum absolute atomic E-state index is 0.155. The number of benzene rings is 1. The number of carbonyl (C=O) groups is 1. The molecule has 3 rings (SSSR count). The van der Waals surface area contributed by atoms with Crippen LogP contribution in [0.15, 0.2) is 30.5 Å². The molecule has 0 radical (unpaired) electrons. The maximum atomic E-state index is 11.8. The van der Waals surface area contributed by atoms with Crippen LogP contribution in [-0.4, -0.2) is 32.3 Å². The lowest BCUT2D eigenvalue weighted by molar-refractivity contribution is 0.0526. The third-order valence-corrected chi connectivity index (χ3v) is 3.69. The third-order valence-electron chi connectivity index (χ3n) is 3.50. The van der Waals surface area contributed by atoms with Crippen LogP contribution in [0.25, 0.3) is 10.9 Å². The fraction of sp³-hybridized carbons (Fsp3) is 0.250. The van der Waals surface area contributed by atoms with Gasteiger partial charge in [0, 0.05) is 24.0 Å². The molecular formula is C16H16ClN5O2. The van der Waals surface area contributed by atoms with E-state index >= 15 is 0 Å². The molecule has 0 fully saturated rings. The van der Waals surface area contributed by atoms with Gasteiger partial charge in [-0.2, -0.15) is 5.10 Å². The fourth-order valence-electron chi connectivity index (χ4n) is 2.44. The van der Waals surface area contributed by atoms with Crippen molar-refractivity contribution in [2.45, 2.75) is 19.9 Å². The number of rotatable bonds is 5. The molecule has 3 aromatic rings. The molecule has 0 atom stereocenters. The number of fused-ring (bicyclic) bond motifs is 1. The predicted molar refractivity (Wildman–Crippen MR) is 90.8 cm³/mol. The van der Waals surface area contributed by atoms with Gasteiger partial charge in [0.25, 0.3) is 0 Å². The molecular weight excluding hydrogens is 330 g/mol. The third kappa shape index (κ3) is 3.46. The van der Waals surface area contributed by atoms with E-state index in [4.69, 9.17) is 22.1 Å². The molecule has 0 amide bonds. The number of hydrogen-bond acceptors (Lipinski definition) is 6. The highest BCUT2D eigenvalue weighted by molar-refractivity contribution is 6.29. The fourth-order valence-corrected chi connectivity index (χ4v) is 2.65. The summed E-state index contributed by atoms with van der Waals surface area (Å²) < 4.78 is 6.85. The highest BCUT2D eigenvalue weighted by Crippen LogP contribution is 2.17. The number of aryl methyl sites for hydroxylation is 2. The second-order valence-electron chi connectivity index (χ2n) is 5.15. The number of nitrogens with two attached hydrogens (primary N) is 1. The Kier molecular flexibility index (Phi) is 4.61. The van der Waals surface area contributed by atoms with Gasteiger partial charge in [0.1, 0.15) is 5.15 Å². The Morgan fingerprint density at radius 1 is 1.33 bits per heavy atom. The first-order valence-electron chi connectivity index (χ1n) is 7.48. The SMILES string of the molecule is CCOC(=O)c1ccc2c(cnn2CCc2cc(Cl)nc(N)n2)c1. The summed E-state index contributed by atoms with van der Waals surface area (Å²) in [5, 5.41) is 5.56. The van der Waals surface area contributed by atoms with E-state index < -0.39 is 0 Å². The molecule has 0 saturated carbocycles. The molecule has 0 bridgehead atoms. The number of ether oxygens (including phenoxy) is 1. The lowest BCUT2D eigenvalue weighted by Gasteiger charge is -2.05. The lowest BCUT2D eigenvalue weighted by atomic mass is 10.1. The maximum absolute atomic E-state index is 11.8. The van der Waals surface area contributed by atoms with Crippen molar-refractivity contribution in [3.8, 4) is 0 Å². The number of halogens is 1.